The molecule has 0 unspecified atom stereocenters. The number of hydrogen-bond donors (Lipinski definition) is 0. The van der Waals surface area contributed by atoms with Crippen LogP contribution in [-0.2, 0) is 0 Å². The van der Waals surface area contributed by atoms with Gasteiger partial charge in [0.05, 0.1) is 12.1 Å². The first-order valence-electron chi connectivity index (χ1n) is 5.49. The number of pyridine rings is 1. The van der Waals surface area contributed by atoms with Crippen LogP contribution in [0.5, 0.6) is 5.88 Å². The molecule has 2 aromatic rings. The standard InChI is InChI=1S/C11H10ClNO.C2H6/c1-2-14-11-9(12)7-8-5-3-4-6-10(8)13-11;1-2/h3-7H,2H2,1H3;1-2H3. The Labute approximate surface area is 101 Å². The largest absolute Gasteiger partial charge is 0.477 e. The second-order valence-corrected chi connectivity index (χ2v) is 3.31. The van der Waals surface area contributed by atoms with E-state index in [1.807, 2.05) is 51.1 Å². The van der Waals surface area contributed by atoms with Gasteiger partial charge >= 0.3 is 0 Å². The summed E-state index contributed by atoms with van der Waals surface area (Å²) in [5.41, 5.74) is 0.903. The smallest absolute Gasteiger partial charge is 0.233 e. The average molecular weight is 238 g/mol. The molecule has 0 saturated heterocycles. The Morgan fingerprint density at radius 2 is 1.94 bits per heavy atom. The molecule has 1 heterocycles. The van der Waals surface area contributed by atoms with Gasteiger partial charge in [0.2, 0.25) is 5.88 Å². The molecule has 0 aliphatic heterocycles. The molecular weight excluding hydrogens is 222 g/mol. The maximum atomic E-state index is 5.99. The van der Waals surface area contributed by atoms with Crippen LogP contribution in [0, 0.1) is 0 Å². The van der Waals surface area contributed by atoms with Crippen molar-refractivity contribution >= 4 is 22.5 Å². The molecule has 2 nitrogen and oxygen atoms in total. The fraction of sp³-hybridized carbons (Fsp3) is 0.308. The van der Waals surface area contributed by atoms with Crippen LogP contribution in [0.2, 0.25) is 5.02 Å². The van der Waals surface area contributed by atoms with E-state index in [4.69, 9.17) is 16.3 Å². The maximum Gasteiger partial charge on any atom is 0.233 e. The number of benzene rings is 1. The maximum absolute atomic E-state index is 5.99. The van der Waals surface area contributed by atoms with Crippen LogP contribution in [-0.4, -0.2) is 11.6 Å². The minimum Gasteiger partial charge on any atom is -0.477 e. The number of rotatable bonds is 2. The first-order chi connectivity index (χ1) is 7.81. The predicted molar refractivity (Wildman–Crippen MR) is 69.3 cm³/mol. The molecule has 0 bridgehead atoms. The Balaban J connectivity index is 0.000000606. The first kappa shape index (κ1) is 12.8. The molecule has 0 saturated carbocycles. The van der Waals surface area contributed by atoms with Crippen LogP contribution in [0.25, 0.3) is 10.9 Å². The highest BCUT2D eigenvalue weighted by atomic mass is 35.5. The molecule has 1 aromatic carbocycles. The van der Waals surface area contributed by atoms with E-state index in [1.54, 1.807) is 0 Å². The zero-order chi connectivity index (χ0) is 12.0. The topological polar surface area (TPSA) is 22.1 Å². The zero-order valence-electron chi connectivity index (χ0n) is 9.83. The average Bonchev–Trinajstić information content (AvgIpc) is 2.33. The lowest BCUT2D eigenvalue weighted by molar-refractivity contribution is 0.328. The summed E-state index contributed by atoms with van der Waals surface area (Å²) in [5, 5.41) is 1.59. The van der Waals surface area contributed by atoms with E-state index in [1.165, 1.54) is 0 Å². The van der Waals surface area contributed by atoms with Crippen LogP contribution in [0.15, 0.2) is 30.3 Å². The third-order valence-electron chi connectivity index (χ3n) is 1.93. The third-order valence-corrected chi connectivity index (χ3v) is 2.20. The number of ether oxygens (including phenoxy) is 1. The van der Waals surface area contributed by atoms with Crippen molar-refractivity contribution in [3.8, 4) is 5.88 Å². The number of nitrogens with zero attached hydrogens (tertiary/aromatic N) is 1. The summed E-state index contributed by atoms with van der Waals surface area (Å²) in [6, 6.07) is 9.69. The minimum atomic E-state index is 0.507. The Hall–Kier alpha value is -1.28. The van der Waals surface area contributed by atoms with Gasteiger partial charge < -0.3 is 4.74 Å². The molecule has 0 atom stereocenters. The summed E-state index contributed by atoms with van der Waals surface area (Å²) >= 11 is 5.99. The molecule has 2 rings (SSSR count). The Morgan fingerprint density at radius 3 is 2.62 bits per heavy atom. The van der Waals surface area contributed by atoms with Crippen molar-refractivity contribution in [3.05, 3.63) is 35.4 Å². The van der Waals surface area contributed by atoms with Gasteiger partial charge in [-0.2, -0.15) is 0 Å². The molecule has 0 aliphatic rings. The van der Waals surface area contributed by atoms with Crippen LogP contribution < -0.4 is 4.74 Å². The molecule has 16 heavy (non-hydrogen) atoms. The SMILES string of the molecule is CC.CCOc1nc2ccccc2cc1Cl. The van der Waals surface area contributed by atoms with E-state index in [0.717, 1.165) is 10.9 Å². The highest BCUT2D eigenvalue weighted by Crippen LogP contribution is 2.26. The summed E-state index contributed by atoms with van der Waals surface area (Å²) in [4.78, 5) is 4.31. The second kappa shape index (κ2) is 6.33. The van der Waals surface area contributed by atoms with Crippen molar-refractivity contribution < 1.29 is 4.74 Å². The van der Waals surface area contributed by atoms with Crippen molar-refractivity contribution in [2.24, 2.45) is 0 Å². The number of para-hydroxylation sites is 1. The van der Waals surface area contributed by atoms with E-state index in [-0.39, 0.29) is 0 Å². The molecule has 0 radical (unpaired) electrons. The van der Waals surface area contributed by atoms with Crippen LogP contribution in [0.1, 0.15) is 20.8 Å². The zero-order valence-corrected chi connectivity index (χ0v) is 10.6. The summed E-state index contributed by atoms with van der Waals surface area (Å²) in [5.74, 6) is 0.507. The number of hydrogen-bond acceptors (Lipinski definition) is 2. The van der Waals surface area contributed by atoms with Crippen molar-refractivity contribution in [1.29, 1.82) is 0 Å². The molecule has 0 fully saturated rings. The molecule has 0 spiro atoms. The first-order valence-corrected chi connectivity index (χ1v) is 5.87. The van der Waals surface area contributed by atoms with Crippen molar-refractivity contribution in [2.45, 2.75) is 20.8 Å². The van der Waals surface area contributed by atoms with E-state index < -0.39 is 0 Å². The van der Waals surface area contributed by atoms with Gasteiger partial charge in [-0.1, -0.05) is 43.6 Å². The van der Waals surface area contributed by atoms with Gasteiger partial charge in [-0.05, 0) is 19.1 Å². The lowest BCUT2D eigenvalue weighted by Crippen LogP contribution is -1.95. The van der Waals surface area contributed by atoms with Crippen LogP contribution in [0.4, 0.5) is 0 Å². The molecule has 0 amide bonds. The van der Waals surface area contributed by atoms with Gasteiger partial charge in [0.15, 0.2) is 0 Å². The highest BCUT2D eigenvalue weighted by molar-refractivity contribution is 6.32. The summed E-state index contributed by atoms with van der Waals surface area (Å²) in [6.07, 6.45) is 0. The third kappa shape index (κ3) is 2.86. The molecule has 0 N–H and O–H groups in total. The highest BCUT2D eigenvalue weighted by Gasteiger charge is 2.04. The lowest BCUT2D eigenvalue weighted by atomic mass is 10.2. The molecule has 3 heteroatoms. The van der Waals surface area contributed by atoms with Crippen molar-refractivity contribution in [1.82, 2.24) is 4.98 Å². The van der Waals surface area contributed by atoms with Crippen molar-refractivity contribution in [3.63, 3.8) is 0 Å². The predicted octanol–water partition coefficient (Wildman–Crippen LogP) is 4.31. The van der Waals surface area contributed by atoms with Gasteiger partial charge in [-0.25, -0.2) is 4.98 Å². The summed E-state index contributed by atoms with van der Waals surface area (Å²) < 4.78 is 5.30. The van der Waals surface area contributed by atoms with E-state index in [0.29, 0.717) is 17.5 Å². The molecular formula is C13H16ClNO. The molecule has 0 aliphatic carbocycles. The molecule has 86 valence electrons. The van der Waals surface area contributed by atoms with Gasteiger partial charge in [0, 0.05) is 5.39 Å². The van der Waals surface area contributed by atoms with Gasteiger partial charge in [-0.3, -0.25) is 0 Å². The van der Waals surface area contributed by atoms with Crippen LogP contribution in [0.3, 0.4) is 0 Å². The van der Waals surface area contributed by atoms with E-state index in [9.17, 15) is 0 Å². The number of aromatic nitrogens is 1. The van der Waals surface area contributed by atoms with Gasteiger partial charge in [-0.15, -0.1) is 0 Å². The normalized spacial score (nSPS) is 9.50. The van der Waals surface area contributed by atoms with E-state index in [2.05, 4.69) is 4.98 Å². The minimum absolute atomic E-state index is 0.507. The Bertz CT molecular complexity index is 457. The fourth-order valence-corrected chi connectivity index (χ4v) is 1.52. The Morgan fingerprint density at radius 1 is 1.25 bits per heavy atom. The lowest BCUT2D eigenvalue weighted by Gasteiger charge is -2.05. The van der Waals surface area contributed by atoms with E-state index >= 15 is 0 Å². The quantitative estimate of drug-likeness (QED) is 0.776. The fourth-order valence-electron chi connectivity index (χ4n) is 1.31. The summed E-state index contributed by atoms with van der Waals surface area (Å²) in [6.45, 7) is 6.48. The molecule has 1 aromatic heterocycles. The van der Waals surface area contributed by atoms with Crippen molar-refractivity contribution in [2.75, 3.05) is 6.61 Å². The Kier molecular flexibility index (Phi) is 5.06. The summed E-state index contributed by atoms with van der Waals surface area (Å²) in [7, 11) is 0. The monoisotopic (exact) mass is 237 g/mol. The van der Waals surface area contributed by atoms with Crippen LogP contribution >= 0.6 is 11.6 Å². The number of halogens is 1. The van der Waals surface area contributed by atoms with Gasteiger partial charge in [0.25, 0.3) is 0 Å². The number of fused-ring (bicyclic) bond motifs is 1. The second-order valence-electron chi connectivity index (χ2n) is 2.90. The van der Waals surface area contributed by atoms with Gasteiger partial charge in [0.1, 0.15) is 5.02 Å².